The molecular formula is C15H20N2O2S. The molecule has 0 aliphatic carbocycles. The number of likely N-dealkylation sites (N-methyl/N-ethyl adjacent to an activating group) is 1. The predicted octanol–water partition coefficient (Wildman–Crippen LogP) is 2.97. The summed E-state index contributed by atoms with van der Waals surface area (Å²) < 4.78 is 10.7. The fourth-order valence-electron chi connectivity index (χ4n) is 2.09. The average molecular weight is 292 g/mol. The molecule has 0 aliphatic heterocycles. The lowest BCUT2D eigenvalue weighted by atomic mass is 10.0. The fraction of sp³-hybridized carbons (Fsp3) is 0.400. The molecule has 0 saturated carbocycles. The van der Waals surface area contributed by atoms with Crippen molar-refractivity contribution in [3.63, 3.8) is 0 Å². The average Bonchev–Trinajstić information content (AvgIpc) is 2.89. The number of methoxy groups -OCH3 is 2. The molecule has 1 aromatic heterocycles. The van der Waals surface area contributed by atoms with Crippen LogP contribution >= 0.6 is 11.3 Å². The van der Waals surface area contributed by atoms with Crippen LogP contribution in [0.4, 0.5) is 0 Å². The smallest absolute Gasteiger partial charge is 0.122 e. The van der Waals surface area contributed by atoms with Gasteiger partial charge in [-0.25, -0.2) is 4.98 Å². The van der Waals surface area contributed by atoms with Crippen LogP contribution in [0, 0.1) is 6.92 Å². The van der Waals surface area contributed by atoms with Crippen LogP contribution in [0.3, 0.4) is 0 Å². The van der Waals surface area contributed by atoms with Crippen LogP contribution in [0.25, 0.3) is 0 Å². The van der Waals surface area contributed by atoms with Crippen LogP contribution in [0.1, 0.15) is 22.3 Å². The highest BCUT2D eigenvalue weighted by Gasteiger charge is 2.14. The zero-order valence-corrected chi connectivity index (χ0v) is 13.1. The van der Waals surface area contributed by atoms with Crippen LogP contribution in [-0.2, 0) is 6.42 Å². The summed E-state index contributed by atoms with van der Waals surface area (Å²) in [5, 5.41) is 6.54. The van der Waals surface area contributed by atoms with E-state index in [0.717, 1.165) is 34.2 Å². The molecule has 1 unspecified atom stereocenters. The van der Waals surface area contributed by atoms with Crippen LogP contribution in [0.15, 0.2) is 23.6 Å². The summed E-state index contributed by atoms with van der Waals surface area (Å²) >= 11 is 1.69. The van der Waals surface area contributed by atoms with E-state index in [2.05, 4.69) is 15.7 Å². The summed E-state index contributed by atoms with van der Waals surface area (Å²) in [6.45, 7) is 2.02. The van der Waals surface area contributed by atoms with E-state index < -0.39 is 0 Å². The molecule has 5 heteroatoms. The standard InChI is InChI=1S/C15H20N2O2S/c1-10-9-20-15(17-10)8-14(16-2)11-5-12(18-3)7-13(6-11)19-4/h5-7,9,14,16H,8H2,1-4H3. The summed E-state index contributed by atoms with van der Waals surface area (Å²) in [6.07, 6.45) is 0.853. The van der Waals surface area contributed by atoms with Gasteiger partial charge in [0.2, 0.25) is 0 Å². The van der Waals surface area contributed by atoms with E-state index in [1.807, 2.05) is 32.2 Å². The van der Waals surface area contributed by atoms with Gasteiger partial charge < -0.3 is 14.8 Å². The number of aryl methyl sites for hydroxylation is 1. The van der Waals surface area contributed by atoms with Gasteiger partial charge in [-0.15, -0.1) is 11.3 Å². The van der Waals surface area contributed by atoms with Gasteiger partial charge in [0.1, 0.15) is 11.5 Å². The molecule has 4 nitrogen and oxygen atoms in total. The SMILES string of the molecule is CNC(Cc1nc(C)cs1)c1cc(OC)cc(OC)c1. The van der Waals surface area contributed by atoms with Crippen molar-refractivity contribution in [2.24, 2.45) is 0 Å². The Morgan fingerprint density at radius 2 is 1.85 bits per heavy atom. The first-order valence-electron chi connectivity index (χ1n) is 6.47. The molecule has 0 bridgehead atoms. The summed E-state index contributed by atoms with van der Waals surface area (Å²) in [6, 6.07) is 6.13. The van der Waals surface area contributed by atoms with Crippen LogP contribution in [-0.4, -0.2) is 26.3 Å². The Bertz CT molecular complexity index is 547. The molecule has 0 saturated heterocycles. The van der Waals surface area contributed by atoms with Crippen molar-refractivity contribution in [1.82, 2.24) is 10.3 Å². The highest BCUT2D eigenvalue weighted by molar-refractivity contribution is 7.09. The molecule has 0 fully saturated rings. The number of thiazole rings is 1. The van der Waals surface area contributed by atoms with Crippen LogP contribution in [0.2, 0.25) is 0 Å². The monoisotopic (exact) mass is 292 g/mol. The lowest BCUT2D eigenvalue weighted by Gasteiger charge is -2.17. The molecule has 1 aromatic carbocycles. The highest BCUT2D eigenvalue weighted by atomic mass is 32.1. The Morgan fingerprint density at radius 1 is 1.20 bits per heavy atom. The van der Waals surface area contributed by atoms with Crippen molar-refractivity contribution in [3.8, 4) is 11.5 Å². The lowest BCUT2D eigenvalue weighted by Crippen LogP contribution is -2.19. The second-order valence-electron chi connectivity index (χ2n) is 4.57. The van der Waals surface area contributed by atoms with Crippen molar-refractivity contribution in [2.75, 3.05) is 21.3 Å². The second-order valence-corrected chi connectivity index (χ2v) is 5.52. The van der Waals surface area contributed by atoms with Crippen molar-refractivity contribution in [3.05, 3.63) is 39.8 Å². The summed E-state index contributed by atoms with van der Waals surface area (Å²) in [7, 11) is 5.28. The Balaban J connectivity index is 2.26. The Morgan fingerprint density at radius 3 is 2.30 bits per heavy atom. The number of hydrogen-bond donors (Lipinski definition) is 1. The third kappa shape index (κ3) is 3.49. The van der Waals surface area contributed by atoms with Gasteiger partial charge in [-0.3, -0.25) is 0 Å². The zero-order valence-electron chi connectivity index (χ0n) is 12.3. The molecule has 0 aliphatic rings. The first kappa shape index (κ1) is 14.8. The van der Waals surface area contributed by atoms with Gasteiger partial charge in [0, 0.05) is 29.6 Å². The van der Waals surface area contributed by atoms with Crippen LogP contribution in [0.5, 0.6) is 11.5 Å². The molecule has 1 N–H and O–H groups in total. The molecule has 0 radical (unpaired) electrons. The predicted molar refractivity (Wildman–Crippen MR) is 81.9 cm³/mol. The molecule has 1 atom stereocenters. The van der Waals surface area contributed by atoms with E-state index in [1.165, 1.54) is 0 Å². The number of ether oxygens (including phenoxy) is 2. The van der Waals surface area contributed by atoms with E-state index in [9.17, 15) is 0 Å². The van der Waals surface area contributed by atoms with Gasteiger partial charge in [-0.05, 0) is 31.7 Å². The minimum absolute atomic E-state index is 0.185. The van der Waals surface area contributed by atoms with Gasteiger partial charge in [0.15, 0.2) is 0 Å². The number of benzene rings is 1. The van der Waals surface area contributed by atoms with Gasteiger partial charge in [-0.1, -0.05) is 0 Å². The quantitative estimate of drug-likeness (QED) is 0.889. The highest BCUT2D eigenvalue weighted by Crippen LogP contribution is 2.28. The largest absolute Gasteiger partial charge is 0.497 e. The van der Waals surface area contributed by atoms with E-state index in [4.69, 9.17) is 9.47 Å². The summed E-state index contributed by atoms with van der Waals surface area (Å²) in [5.41, 5.74) is 2.21. The molecule has 2 rings (SSSR count). The fourth-order valence-corrected chi connectivity index (χ4v) is 2.91. The lowest BCUT2D eigenvalue weighted by molar-refractivity contribution is 0.392. The minimum atomic E-state index is 0.185. The minimum Gasteiger partial charge on any atom is -0.497 e. The normalized spacial score (nSPS) is 12.2. The molecule has 20 heavy (non-hydrogen) atoms. The Hall–Kier alpha value is -1.59. The van der Waals surface area contributed by atoms with E-state index in [1.54, 1.807) is 25.6 Å². The first-order chi connectivity index (χ1) is 9.66. The summed E-state index contributed by atoms with van der Waals surface area (Å²) in [5.74, 6) is 1.60. The molecule has 108 valence electrons. The van der Waals surface area contributed by atoms with Crippen LogP contribution < -0.4 is 14.8 Å². The van der Waals surface area contributed by atoms with Gasteiger partial charge in [-0.2, -0.15) is 0 Å². The van der Waals surface area contributed by atoms with Crippen molar-refractivity contribution < 1.29 is 9.47 Å². The van der Waals surface area contributed by atoms with Crippen molar-refractivity contribution >= 4 is 11.3 Å². The second kappa shape index (κ2) is 6.72. The number of rotatable bonds is 6. The topological polar surface area (TPSA) is 43.4 Å². The van der Waals surface area contributed by atoms with Crippen molar-refractivity contribution in [1.29, 1.82) is 0 Å². The third-order valence-electron chi connectivity index (χ3n) is 3.17. The van der Waals surface area contributed by atoms with Gasteiger partial charge >= 0.3 is 0 Å². The zero-order chi connectivity index (χ0) is 14.5. The Labute approximate surface area is 123 Å². The molecule has 2 aromatic rings. The Kier molecular flexibility index (Phi) is 4.98. The van der Waals surface area contributed by atoms with Gasteiger partial charge in [0.25, 0.3) is 0 Å². The molecule has 0 spiro atoms. The maximum absolute atomic E-state index is 5.33. The molecular weight excluding hydrogens is 272 g/mol. The number of aromatic nitrogens is 1. The van der Waals surface area contributed by atoms with Gasteiger partial charge in [0.05, 0.1) is 19.2 Å². The molecule has 0 amide bonds. The third-order valence-corrected chi connectivity index (χ3v) is 4.16. The first-order valence-corrected chi connectivity index (χ1v) is 7.35. The number of nitrogens with one attached hydrogen (secondary N) is 1. The molecule has 1 heterocycles. The number of hydrogen-bond acceptors (Lipinski definition) is 5. The van der Waals surface area contributed by atoms with E-state index in [0.29, 0.717) is 0 Å². The maximum atomic E-state index is 5.33. The van der Waals surface area contributed by atoms with E-state index >= 15 is 0 Å². The van der Waals surface area contributed by atoms with E-state index in [-0.39, 0.29) is 6.04 Å². The number of nitrogens with zero attached hydrogens (tertiary/aromatic N) is 1. The summed E-state index contributed by atoms with van der Waals surface area (Å²) in [4.78, 5) is 4.53. The van der Waals surface area contributed by atoms with Crippen molar-refractivity contribution in [2.45, 2.75) is 19.4 Å². The maximum Gasteiger partial charge on any atom is 0.122 e.